The van der Waals surface area contributed by atoms with Gasteiger partial charge in [-0.05, 0) is 32.4 Å². The Morgan fingerprint density at radius 3 is 2.86 bits per heavy atom. The van der Waals surface area contributed by atoms with Crippen molar-refractivity contribution in [1.29, 1.82) is 0 Å². The Morgan fingerprint density at radius 1 is 1.57 bits per heavy atom. The van der Waals surface area contributed by atoms with Gasteiger partial charge >= 0.3 is 0 Å². The Balaban J connectivity index is 2.73. The molecule has 0 spiro atoms. The van der Waals surface area contributed by atoms with Crippen molar-refractivity contribution in [2.75, 3.05) is 17.7 Å². The van der Waals surface area contributed by atoms with Crippen molar-refractivity contribution in [1.82, 2.24) is 4.98 Å². The first-order valence-electron chi connectivity index (χ1n) is 4.65. The molecule has 1 rings (SSSR count). The van der Waals surface area contributed by atoms with Crippen molar-refractivity contribution in [3.63, 3.8) is 0 Å². The van der Waals surface area contributed by atoms with Crippen molar-refractivity contribution < 1.29 is 5.11 Å². The third-order valence-electron chi connectivity index (χ3n) is 2.03. The number of anilines is 2. The molecule has 0 aliphatic rings. The maximum absolute atomic E-state index is 8.86. The molecule has 0 saturated heterocycles. The van der Waals surface area contributed by atoms with E-state index in [1.165, 1.54) is 0 Å². The van der Waals surface area contributed by atoms with E-state index in [4.69, 9.17) is 10.8 Å². The van der Waals surface area contributed by atoms with E-state index in [2.05, 4.69) is 10.3 Å². The number of nitrogens with two attached hydrogens (primary N) is 1. The van der Waals surface area contributed by atoms with Crippen molar-refractivity contribution in [3.05, 3.63) is 18.3 Å². The summed E-state index contributed by atoms with van der Waals surface area (Å²) in [5.74, 6) is 0.672. The van der Waals surface area contributed by atoms with Crippen LogP contribution in [0.25, 0.3) is 0 Å². The quantitative estimate of drug-likeness (QED) is 0.676. The molecule has 0 bridgehead atoms. The van der Waals surface area contributed by atoms with Crippen LogP contribution in [-0.4, -0.2) is 22.2 Å². The van der Waals surface area contributed by atoms with Gasteiger partial charge < -0.3 is 16.2 Å². The maximum Gasteiger partial charge on any atom is 0.149 e. The minimum Gasteiger partial charge on any atom is -0.396 e. The van der Waals surface area contributed by atoms with Gasteiger partial charge in [0, 0.05) is 18.3 Å². The molecule has 4 N–H and O–H groups in total. The Kier molecular flexibility index (Phi) is 3.30. The number of pyridine rings is 1. The average molecular weight is 195 g/mol. The highest BCUT2D eigenvalue weighted by molar-refractivity contribution is 5.61. The summed E-state index contributed by atoms with van der Waals surface area (Å²) < 4.78 is 0. The van der Waals surface area contributed by atoms with E-state index >= 15 is 0 Å². The Labute approximate surface area is 84.2 Å². The summed E-state index contributed by atoms with van der Waals surface area (Å²) in [5, 5.41) is 12.0. The highest BCUT2D eigenvalue weighted by Crippen LogP contribution is 2.20. The lowest BCUT2D eigenvalue weighted by molar-refractivity contribution is 0.260. The van der Waals surface area contributed by atoms with Crippen molar-refractivity contribution in [3.8, 4) is 0 Å². The third-order valence-corrected chi connectivity index (χ3v) is 2.03. The molecular formula is C10H17N3O. The zero-order valence-electron chi connectivity index (χ0n) is 8.62. The molecule has 0 aliphatic carbocycles. The van der Waals surface area contributed by atoms with Gasteiger partial charge in [0.2, 0.25) is 0 Å². The summed E-state index contributed by atoms with van der Waals surface area (Å²) in [6, 6.07) is 3.59. The van der Waals surface area contributed by atoms with E-state index in [0.29, 0.717) is 17.9 Å². The van der Waals surface area contributed by atoms with Crippen LogP contribution in [0.1, 0.15) is 20.3 Å². The number of aliphatic hydroxyl groups is 1. The molecule has 1 aromatic heterocycles. The van der Waals surface area contributed by atoms with Crippen LogP contribution in [0.4, 0.5) is 11.5 Å². The molecule has 1 aromatic rings. The fourth-order valence-electron chi connectivity index (χ4n) is 1.18. The molecule has 78 valence electrons. The molecule has 4 nitrogen and oxygen atoms in total. The molecule has 0 aromatic carbocycles. The molecule has 1 heterocycles. The van der Waals surface area contributed by atoms with Crippen LogP contribution in [0.3, 0.4) is 0 Å². The summed E-state index contributed by atoms with van der Waals surface area (Å²) in [7, 11) is 0. The van der Waals surface area contributed by atoms with E-state index in [-0.39, 0.29) is 12.1 Å². The molecule has 0 atom stereocenters. The van der Waals surface area contributed by atoms with Crippen molar-refractivity contribution in [2.45, 2.75) is 25.8 Å². The van der Waals surface area contributed by atoms with Crippen LogP contribution in [0.2, 0.25) is 0 Å². The number of aromatic nitrogens is 1. The van der Waals surface area contributed by atoms with E-state index in [0.717, 1.165) is 0 Å². The summed E-state index contributed by atoms with van der Waals surface area (Å²) >= 11 is 0. The largest absolute Gasteiger partial charge is 0.396 e. The lowest BCUT2D eigenvalue weighted by Gasteiger charge is -2.26. The van der Waals surface area contributed by atoms with E-state index in [9.17, 15) is 0 Å². The molecule has 0 unspecified atom stereocenters. The van der Waals surface area contributed by atoms with Crippen LogP contribution < -0.4 is 11.1 Å². The standard InChI is InChI=1S/C10H17N3O/c1-10(2,5-7-14)13-9-8(11)4-3-6-12-9/h3-4,6,14H,5,7,11H2,1-2H3,(H,12,13). The number of nitrogens with zero attached hydrogens (tertiary/aromatic N) is 1. The van der Waals surface area contributed by atoms with Gasteiger partial charge in [0.25, 0.3) is 0 Å². The van der Waals surface area contributed by atoms with E-state index in [1.807, 2.05) is 13.8 Å². The summed E-state index contributed by atoms with van der Waals surface area (Å²) in [4.78, 5) is 4.13. The van der Waals surface area contributed by atoms with Crippen LogP contribution in [-0.2, 0) is 0 Å². The molecule has 0 fully saturated rings. The van der Waals surface area contributed by atoms with Gasteiger partial charge in [-0.3, -0.25) is 0 Å². The molecule has 14 heavy (non-hydrogen) atoms. The Bertz CT molecular complexity index is 299. The van der Waals surface area contributed by atoms with Gasteiger partial charge in [0.1, 0.15) is 5.82 Å². The second-order valence-electron chi connectivity index (χ2n) is 3.92. The van der Waals surface area contributed by atoms with Crippen LogP contribution in [0.5, 0.6) is 0 Å². The molecule has 4 heteroatoms. The minimum absolute atomic E-state index is 0.146. The van der Waals surface area contributed by atoms with E-state index < -0.39 is 0 Å². The molecule has 0 amide bonds. The lowest BCUT2D eigenvalue weighted by atomic mass is 10.0. The van der Waals surface area contributed by atoms with Gasteiger partial charge in [-0.1, -0.05) is 0 Å². The van der Waals surface area contributed by atoms with Gasteiger partial charge in [-0.15, -0.1) is 0 Å². The van der Waals surface area contributed by atoms with Gasteiger partial charge in [0.05, 0.1) is 5.69 Å². The second kappa shape index (κ2) is 4.28. The zero-order valence-corrected chi connectivity index (χ0v) is 8.62. The number of nitrogen functional groups attached to an aromatic ring is 1. The number of hydrogen-bond donors (Lipinski definition) is 3. The Hall–Kier alpha value is -1.29. The van der Waals surface area contributed by atoms with Crippen molar-refractivity contribution >= 4 is 11.5 Å². The van der Waals surface area contributed by atoms with Crippen LogP contribution in [0, 0.1) is 0 Å². The van der Waals surface area contributed by atoms with Crippen LogP contribution in [0.15, 0.2) is 18.3 Å². The van der Waals surface area contributed by atoms with Gasteiger partial charge in [-0.25, -0.2) is 4.98 Å². The lowest BCUT2D eigenvalue weighted by Crippen LogP contribution is -2.32. The number of aliphatic hydroxyl groups excluding tert-OH is 1. The fraction of sp³-hybridized carbons (Fsp3) is 0.500. The monoisotopic (exact) mass is 195 g/mol. The first-order valence-corrected chi connectivity index (χ1v) is 4.65. The van der Waals surface area contributed by atoms with Gasteiger partial charge in [0.15, 0.2) is 0 Å². The maximum atomic E-state index is 8.86. The van der Waals surface area contributed by atoms with Crippen molar-refractivity contribution in [2.24, 2.45) is 0 Å². The number of nitrogens with one attached hydrogen (secondary N) is 1. The first kappa shape index (κ1) is 10.8. The highest BCUT2D eigenvalue weighted by atomic mass is 16.3. The van der Waals surface area contributed by atoms with Crippen LogP contribution >= 0.6 is 0 Å². The molecule has 0 saturated carbocycles. The normalized spacial score (nSPS) is 11.4. The molecule has 0 radical (unpaired) electrons. The highest BCUT2D eigenvalue weighted by Gasteiger charge is 2.17. The summed E-state index contributed by atoms with van der Waals surface area (Å²) in [6.45, 7) is 4.14. The minimum atomic E-state index is -0.197. The fourth-order valence-corrected chi connectivity index (χ4v) is 1.18. The number of rotatable bonds is 4. The molecular weight excluding hydrogens is 178 g/mol. The van der Waals surface area contributed by atoms with E-state index in [1.54, 1.807) is 18.3 Å². The smallest absolute Gasteiger partial charge is 0.149 e. The predicted molar refractivity (Wildman–Crippen MR) is 58.1 cm³/mol. The van der Waals surface area contributed by atoms with Gasteiger partial charge in [-0.2, -0.15) is 0 Å². The Morgan fingerprint density at radius 2 is 2.29 bits per heavy atom. The first-order chi connectivity index (χ1) is 6.55. The molecule has 0 aliphatic heterocycles. The predicted octanol–water partition coefficient (Wildman–Crippen LogP) is 1.24. The number of hydrogen-bond acceptors (Lipinski definition) is 4. The summed E-state index contributed by atoms with van der Waals surface area (Å²) in [5.41, 5.74) is 6.16. The third kappa shape index (κ3) is 2.88. The topological polar surface area (TPSA) is 71.2 Å². The average Bonchev–Trinajstić information content (AvgIpc) is 2.08. The summed E-state index contributed by atoms with van der Waals surface area (Å²) in [6.07, 6.45) is 2.34. The SMILES string of the molecule is CC(C)(CCO)Nc1ncccc1N. The zero-order chi connectivity index (χ0) is 10.6. The second-order valence-corrected chi connectivity index (χ2v) is 3.92.